The number of halogens is 1. The van der Waals surface area contributed by atoms with Gasteiger partial charge in [-0.15, -0.1) is 0 Å². The summed E-state index contributed by atoms with van der Waals surface area (Å²) in [6, 6.07) is 12.5. The lowest BCUT2D eigenvalue weighted by molar-refractivity contribution is -0.129. The highest BCUT2D eigenvalue weighted by atomic mass is 35.5. The van der Waals surface area contributed by atoms with E-state index < -0.39 is 0 Å². The molecule has 0 saturated carbocycles. The molecule has 0 N–H and O–H groups in total. The maximum atomic E-state index is 12.7. The van der Waals surface area contributed by atoms with Crippen molar-refractivity contribution in [2.24, 2.45) is 4.99 Å². The highest BCUT2D eigenvalue weighted by Crippen LogP contribution is 2.32. The molecule has 1 heterocycles. The first-order chi connectivity index (χ1) is 13.6. The van der Waals surface area contributed by atoms with E-state index in [-0.39, 0.29) is 12.5 Å². The number of hydrogen-bond acceptors (Lipinski definition) is 6. The van der Waals surface area contributed by atoms with Crippen LogP contribution in [0.25, 0.3) is 0 Å². The average Bonchev–Trinajstić information content (AvgIpc) is 2.73. The number of hydrogen-bond donors (Lipinski definition) is 0. The topological polar surface area (TPSA) is 60.4 Å². The van der Waals surface area contributed by atoms with Crippen LogP contribution < -0.4 is 14.2 Å². The second kappa shape index (κ2) is 9.71. The van der Waals surface area contributed by atoms with Crippen LogP contribution in [0.15, 0.2) is 47.5 Å². The van der Waals surface area contributed by atoms with E-state index in [4.69, 9.17) is 25.8 Å². The van der Waals surface area contributed by atoms with Crippen molar-refractivity contribution < 1.29 is 19.0 Å². The standard InChI is InChI=1S/C20H21ClN2O4S/c1-25-17-9-8-14(12-18(17)26-2)22-20-23(10-5-11-28-20)19(24)13-27-16-7-4-3-6-15(16)21/h3-4,6-9,12H,5,10-11,13H2,1-2H3. The monoisotopic (exact) mass is 420 g/mol. The van der Waals surface area contributed by atoms with Crippen LogP contribution in [0, 0.1) is 0 Å². The fourth-order valence-electron chi connectivity index (χ4n) is 2.67. The predicted molar refractivity (Wildman–Crippen MR) is 112 cm³/mol. The number of para-hydroxylation sites is 1. The molecule has 6 nitrogen and oxygen atoms in total. The lowest BCUT2D eigenvalue weighted by Gasteiger charge is -2.27. The van der Waals surface area contributed by atoms with Gasteiger partial charge in [-0.05, 0) is 30.7 Å². The van der Waals surface area contributed by atoms with Crippen molar-refractivity contribution in [2.45, 2.75) is 6.42 Å². The predicted octanol–water partition coefficient (Wildman–Crippen LogP) is 4.39. The third-order valence-corrected chi connectivity index (χ3v) is 5.44. The summed E-state index contributed by atoms with van der Waals surface area (Å²) in [7, 11) is 3.16. The van der Waals surface area contributed by atoms with Crippen molar-refractivity contribution in [2.75, 3.05) is 33.1 Å². The lowest BCUT2D eigenvalue weighted by Crippen LogP contribution is -2.41. The van der Waals surface area contributed by atoms with Gasteiger partial charge in [0.2, 0.25) is 0 Å². The SMILES string of the molecule is COc1ccc(N=C2SCCCN2C(=O)COc2ccccc2Cl)cc1OC. The molecule has 0 atom stereocenters. The molecule has 28 heavy (non-hydrogen) atoms. The second-order valence-corrected chi connectivity index (χ2v) is 7.37. The molecule has 0 spiro atoms. The molecular formula is C20H21ClN2O4S. The third kappa shape index (κ3) is 4.91. The van der Waals surface area contributed by atoms with E-state index in [1.54, 1.807) is 55.1 Å². The summed E-state index contributed by atoms with van der Waals surface area (Å²) in [5, 5.41) is 1.12. The summed E-state index contributed by atoms with van der Waals surface area (Å²) in [6.07, 6.45) is 0.896. The normalized spacial score (nSPS) is 15.4. The summed E-state index contributed by atoms with van der Waals surface area (Å²) in [5.41, 5.74) is 0.687. The molecule has 1 aliphatic rings. The van der Waals surface area contributed by atoms with Crippen LogP contribution in [0.5, 0.6) is 17.2 Å². The Morgan fingerprint density at radius 2 is 1.93 bits per heavy atom. The number of rotatable bonds is 6. The Morgan fingerprint density at radius 1 is 1.14 bits per heavy atom. The number of methoxy groups -OCH3 is 2. The zero-order chi connectivity index (χ0) is 19.9. The van der Waals surface area contributed by atoms with Crippen LogP contribution in [0.4, 0.5) is 5.69 Å². The van der Waals surface area contributed by atoms with Crippen LogP contribution in [-0.2, 0) is 4.79 Å². The number of aliphatic imine (C=N–C) groups is 1. The minimum Gasteiger partial charge on any atom is -0.493 e. The number of ether oxygens (including phenoxy) is 3. The van der Waals surface area contributed by atoms with Crippen molar-refractivity contribution in [3.63, 3.8) is 0 Å². The summed E-state index contributed by atoms with van der Waals surface area (Å²) in [6.45, 7) is 0.499. The van der Waals surface area contributed by atoms with E-state index in [0.717, 1.165) is 12.2 Å². The summed E-state index contributed by atoms with van der Waals surface area (Å²) < 4.78 is 16.2. The first-order valence-electron chi connectivity index (χ1n) is 8.73. The number of thioether (sulfide) groups is 1. The summed E-state index contributed by atoms with van der Waals surface area (Å²) in [5.74, 6) is 2.45. The van der Waals surface area contributed by atoms with Gasteiger partial charge >= 0.3 is 0 Å². The Kier molecular flexibility index (Phi) is 7.06. The minimum absolute atomic E-state index is 0.102. The van der Waals surface area contributed by atoms with Crippen molar-refractivity contribution >= 4 is 40.1 Å². The number of amides is 1. The second-order valence-electron chi connectivity index (χ2n) is 5.90. The van der Waals surface area contributed by atoms with Crippen LogP contribution in [0.2, 0.25) is 5.02 Å². The Bertz CT molecular complexity index is 875. The molecule has 0 radical (unpaired) electrons. The van der Waals surface area contributed by atoms with E-state index in [2.05, 4.69) is 4.99 Å². The molecule has 1 amide bonds. The van der Waals surface area contributed by atoms with Crippen LogP contribution >= 0.6 is 23.4 Å². The van der Waals surface area contributed by atoms with Crippen molar-refractivity contribution in [1.82, 2.24) is 4.90 Å². The molecule has 2 aromatic carbocycles. The van der Waals surface area contributed by atoms with Gasteiger partial charge in [-0.25, -0.2) is 4.99 Å². The molecule has 1 saturated heterocycles. The van der Waals surface area contributed by atoms with Gasteiger partial charge < -0.3 is 14.2 Å². The first kappa shape index (κ1) is 20.4. The van der Waals surface area contributed by atoms with Gasteiger partial charge in [0.05, 0.1) is 24.9 Å². The summed E-state index contributed by atoms with van der Waals surface area (Å²) >= 11 is 7.63. The van der Waals surface area contributed by atoms with Crippen molar-refractivity contribution in [3.05, 3.63) is 47.5 Å². The van der Waals surface area contributed by atoms with Gasteiger partial charge in [-0.2, -0.15) is 0 Å². The molecule has 0 aromatic heterocycles. The van der Waals surface area contributed by atoms with Crippen LogP contribution in [-0.4, -0.2) is 49.1 Å². The molecular weight excluding hydrogens is 400 g/mol. The third-order valence-electron chi connectivity index (χ3n) is 4.07. The van der Waals surface area contributed by atoms with Gasteiger partial charge in [0, 0.05) is 18.4 Å². The lowest BCUT2D eigenvalue weighted by atomic mass is 10.3. The van der Waals surface area contributed by atoms with E-state index in [1.165, 1.54) is 0 Å². The number of benzene rings is 2. The molecule has 148 valence electrons. The quantitative estimate of drug-likeness (QED) is 0.693. The Morgan fingerprint density at radius 3 is 2.68 bits per heavy atom. The van der Waals surface area contributed by atoms with Gasteiger partial charge in [0.15, 0.2) is 23.3 Å². The van der Waals surface area contributed by atoms with Gasteiger partial charge in [-0.1, -0.05) is 35.5 Å². The number of carbonyl (C=O) groups is 1. The Labute approximate surface area is 173 Å². The molecule has 1 fully saturated rings. The smallest absolute Gasteiger partial charge is 0.266 e. The minimum atomic E-state index is -0.161. The number of nitrogens with zero attached hydrogens (tertiary/aromatic N) is 2. The zero-order valence-electron chi connectivity index (χ0n) is 15.7. The van der Waals surface area contributed by atoms with Gasteiger partial charge in [0.25, 0.3) is 5.91 Å². The van der Waals surface area contributed by atoms with E-state index in [1.807, 2.05) is 18.2 Å². The van der Waals surface area contributed by atoms with E-state index in [0.29, 0.717) is 39.7 Å². The Hall–Kier alpha value is -2.38. The largest absolute Gasteiger partial charge is 0.493 e. The number of amidine groups is 1. The van der Waals surface area contributed by atoms with Gasteiger partial charge in [0.1, 0.15) is 5.75 Å². The number of carbonyl (C=O) groups excluding carboxylic acids is 1. The van der Waals surface area contributed by atoms with E-state index in [9.17, 15) is 4.79 Å². The highest BCUT2D eigenvalue weighted by Gasteiger charge is 2.24. The van der Waals surface area contributed by atoms with Crippen molar-refractivity contribution in [3.8, 4) is 17.2 Å². The van der Waals surface area contributed by atoms with Crippen molar-refractivity contribution in [1.29, 1.82) is 0 Å². The fourth-order valence-corrected chi connectivity index (χ4v) is 3.83. The maximum absolute atomic E-state index is 12.7. The average molecular weight is 421 g/mol. The highest BCUT2D eigenvalue weighted by molar-refractivity contribution is 8.13. The van der Waals surface area contributed by atoms with Gasteiger partial charge in [-0.3, -0.25) is 9.69 Å². The molecule has 0 bridgehead atoms. The molecule has 0 aliphatic carbocycles. The van der Waals surface area contributed by atoms with E-state index >= 15 is 0 Å². The fraction of sp³-hybridized carbons (Fsp3) is 0.300. The molecule has 3 rings (SSSR count). The zero-order valence-corrected chi connectivity index (χ0v) is 17.3. The maximum Gasteiger partial charge on any atom is 0.266 e. The molecule has 8 heteroatoms. The molecule has 1 aliphatic heterocycles. The molecule has 2 aromatic rings. The first-order valence-corrected chi connectivity index (χ1v) is 10.1. The molecule has 0 unspecified atom stereocenters. The van der Waals surface area contributed by atoms with Crippen LogP contribution in [0.1, 0.15) is 6.42 Å². The van der Waals surface area contributed by atoms with Crippen LogP contribution in [0.3, 0.4) is 0 Å². The summed E-state index contributed by atoms with van der Waals surface area (Å²) in [4.78, 5) is 19.0. The Balaban J connectivity index is 1.75.